The van der Waals surface area contributed by atoms with Crippen LogP contribution in [0, 0.1) is 0 Å². The normalized spacial score (nSPS) is 13.0. The van der Waals surface area contributed by atoms with Gasteiger partial charge in [-0.25, -0.2) is 5.11 Å². The Morgan fingerprint density at radius 2 is 1.43 bits per heavy atom. The Morgan fingerprint density at radius 1 is 1.00 bits per heavy atom. The molecule has 0 saturated heterocycles. The summed E-state index contributed by atoms with van der Waals surface area (Å²) in [5, 5.41) is 11.8. The van der Waals surface area contributed by atoms with Crippen molar-refractivity contribution in [2.45, 2.75) is 23.2 Å². The van der Waals surface area contributed by atoms with Crippen LogP contribution >= 0.6 is 34.8 Å². The third-order valence-corrected chi connectivity index (χ3v) is 2.49. The van der Waals surface area contributed by atoms with Crippen LogP contribution in [-0.4, -0.2) is 0 Å². The molecule has 0 aliphatic heterocycles. The van der Waals surface area contributed by atoms with Crippen LogP contribution in [0.2, 0.25) is 0 Å². The molecule has 0 N–H and O–H groups in total. The quantitative estimate of drug-likeness (QED) is 0.668. The van der Waals surface area contributed by atoms with Crippen molar-refractivity contribution >= 4 is 34.8 Å². The lowest BCUT2D eigenvalue weighted by molar-refractivity contribution is -0.000819. The summed E-state index contributed by atoms with van der Waals surface area (Å²) in [7, 11) is 0. The van der Waals surface area contributed by atoms with Crippen molar-refractivity contribution in [2.24, 2.45) is 0 Å². The van der Waals surface area contributed by atoms with E-state index in [1.807, 2.05) is 0 Å². The van der Waals surface area contributed by atoms with Crippen LogP contribution in [0.25, 0.3) is 0 Å². The maximum absolute atomic E-state index is 11.8. The second kappa shape index (κ2) is 3.90. The second-order valence-electron chi connectivity index (χ2n) is 3.55. The van der Waals surface area contributed by atoms with E-state index >= 15 is 0 Å². The molecule has 1 radical (unpaired) electrons. The summed E-state index contributed by atoms with van der Waals surface area (Å²) < 4.78 is -1.54. The number of alkyl halides is 3. The Labute approximate surface area is 98.6 Å². The molecule has 1 aromatic rings. The average molecular weight is 253 g/mol. The molecule has 0 fully saturated rings. The minimum absolute atomic E-state index is 0.449. The molecule has 1 rings (SSSR count). The molecule has 77 valence electrons. The zero-order chi connectivity index (χ0) is 11.0. The fraction of sp³-hybridized carbons (Fsp3) is 0.400. The van der Waals surface area contributed by atoms with Crippen molar-refractivity contribution in [3.63, 3.8) is 0 Å². The molecule has 0 aromatic heterocycles. The largest absolute Gasteiger partial charge is 0.225 e. The minimum atomic E-state index is -1.54. The Bertz CT molecular complexity index is 290. The first-order chi connectivity index (χ1) is 6.23. The number of rotatable bonds is 1. The first-order valence-electron chi connectivity index (χ1n) is 4.10. The van der Waals surface area contributed by atoms with E-state index in [2.05, 4.69) is 0 Å². The number of hydrogen-bond acceptors (Lipinski definition) is 0. The van der Waals surface area contributed by atoms with Crippen LogP contribution in [0.3, 0.4) is 0 Å². The fourth-order valence-electron chi connectivity index (χ4n) is 1.26. The van der Waals surface area contributed by atoms with Crippen molar-refractivity contribution < 1.29 is 5.11 Å². The summed E-state index contributed by atoms with van der Waals surface area (Å²) in [6.07, 6.45) is 0. The molecule has 0 atom stereocenters. The van der Waals surface area contributed by atoms with Gasteiger partial charge in [-0.15, -0.1) is 0 Å². The van der Waals surface area contributed by atoms with Crippen molar-refractivity contribution in [3.8, 4) is 0 Å². The molecule has 0 unspecified atom stereocenters. The van der Waals surface area contributed by atoms with Gasteiger partial charge in [0.15, 0.2) is 0 Å². The Balaban J connectivity index is 3.31. The van der Waals surface area contributed by atoms with Gasteiger partial charge in [0.05, 0.1) is 0 Å². The van der Waals surface area contributed by atoms with Gasteiger partial charge in [0.2, 0.25) is 3.79 Å². The summed E-state index contributed by atoms with van der Waals surface area (Å²) in [5.41, 5.74) is -0.300. The lowest BCUT2D eigenvalue weighted by atomic mass is 9.94. The number of halogens is 3. The van der Waals surface area contributed by atoms with Gasteiger partial charge in [0.1, 0.15) is 5.60 Å². The van der Waals surface area contributed by atoms with Gasteiger partial charge in [0, 0.05) is 5.56 Å². The molecule has 0 aliphatic rings. The highest BCUT2D eigenvalue weighted by Gasteiger charge is 2.31. The average Bonchev–Trinajstić information content (AvgIpc) is 2.01. The van der Waals surface area contributed by atoms with Crippen molar-refractivity contribution in [1.29, 1.82) is 0 Å². The third-order valence-electron chi connectivity index (χ3n) is 1.88. The van der Waals surface area contributed by atoms with E-state index in [9.17, 15) is 5.11 Å². The molecule has 0 saturated carbocycles. The van der Waals surface area contributed by atoms with Gasteiger partial charge in [-0.3, -0.25) is 0 Å². The van der Waals surface area contributed by atoms with E-state index in [-0.39, 0.29) is 0 Å². The van der Waals surface area contributed by atoms with Gasteiger partial charge in [-0.2, -0.15) is 0 Å². The van der Waals surface area contributed by atoms with Crippen LogP contribution < -0.4 is 0 Å². The van der Waals surface area contributed by atoms with Crippen LogP contribution in [0.4, 0.5) is 0 Å². The monoisotopic (exact) mass is 251 g/mol. The van der Waals surface area contributed by atoms with E-state index < -0.39 is 9.39 Å². The summed E-state index contributed by atoms with van der Waals surface area (Å²) in [6.45, 7) is 3.09. The molecule has 0 spiro atoms. The molecule has 14 heavy (non-hydrogen) atoms. The predicted octanol–water partition coefficient (Wildman–Crippen LogP) is 4.18. The highest BCUT2D eigenvalue weighted by molar-refractivity contribution is 6.66. The van der Waals surface area contributed by atoms with E-state index in [1.54, 1.807) is 38.1 Å². The molecular weight excluding hydrogens is 242 g/mol. The zero-order valence-corrected chi connectivity index (χ0v) is 10.1. The maximum atomic E-state index is 11.8. The Hall–Kier alpha value is 0.0500. The topological polar surface area (TPSA) is 19.9 Å². The SMILES string of the molecule is CC(C)([O])c1ccccc1C(Cl)(Cl)Cl. The lowest BCUT2D eigenvalue weighted by Gasteiger charge is -2.22. The predicted molar refractivity (Wildman–Crippen MR) is 59.4 cm³/mol. The second-order valence-corrected chi connectivity index (χ2v) is 5.83. The minimum Gasteiger partial charge on any atom is -0.225 e. The fourth-order valence-corrected chi connectivity index (χ4v) is 1.75. The molecule has 1 aromatic carbocycles. The van der Waals surface area contributed by atoms with Crippen molar-refractivity contribution in [1.82, 2.24) is 0 Å². The molecule has 0 heterocycles. The van der Waals surface area contributed by atoms with E-state index in [1.165, 1.54) is 0 Å². The van der Waals surface area contributed by atoms with Gasteiger partial charge >= 0.3 is 0 Å². The molecule has 1 nitrogen and oxygen atoms in total. The highest BCUT2D eigenvalue weighted by Crippen LogP contribution is 2.42. The molecule has 4 heteroatoms. The first-order valence-corrected chi connectivity index (χ1v) is 5.23. The smallest absolute Gasteiger partial charge is 0.216 e. The van der Waals surface area contributed by atoms with E-state index in [4.69, 9.17) is 34.8 Å². The maximum Gasteiger partial charge on any atom is 0.216 e. The number of hydrogen-bond donors (Lipinski definition) is 0. The molecule has 0 amide bonds. The van der Waals surface area contributed by atoms with Crippen molar-refractivity contribution in [2.75, 3.05) is 0 Å². The van der Waals surface area contributed by atoms with Gasteiger partial charge in [-0.1, -0.05) is 59.1 Å². The summed E-state index contributed by atoms with van der Waals surface area (Å²) in [4.78, 5) is 0. The van der Waals surface area contributed by atoms with Crippen LogP contribution in [0.15, 0.2) is 24.3 Å². The van der Waals surface area contributed by atoms with Crippen LogP contribution in [0.1, 0.15) is 25.0 Å². The van der Waals surface area contributed by atoms with Crippen LogP contribution in [0.5, 0.6) is 0 Å². The van der Waals surface area contributed by atoms with Crippen LogP contribution in [-0.2, 0) is 14.5 Å². The van der Waals surface area contributed by atoms with Gasteiger partial charge in [-0.05, 0) is 19.4 Å². The van der Waals surface area contributed by atoms with Gasteiger partial charge in [0.25, 0.3) is 0 Å². The van der Waals surface area contributed by atoms with E-state index in [0.29, 0.717) is 11.1 Å². The van der Waals surface area contributed by atoms with E-state index in [0.717, 1.165) is 0 Å². The Morgan fingerprint density at radius 3 is 1.71 bits per heavy atom. The number of benzene rings is 1. The Kier molecular flexibility index (Phi) is 3.37. The summed E-state index contributed by atoms with van der Waals surface area (Å²) in [6, 6.07) is 6.84. The third kappa shape index (κ3) is 2.77. The van der Waals surface area contributed by atoms with Crippen molar-refractivity contribution in [3.05, 3.63) is 35.4 Å². The summed E-state index contributed by atoms with van der Waals surface area (Å²) >= 11 is 17.3. The standard InChI is InChI=1S/C10H10Cl3O/c1-9(2,14)7-5-3-4-6-8(7)10(11,12)13/h3-6H,1-2H3. The zero-order valence-electron chi connectivity index (χ0n) is 7.85. The lowest BCUT2D eigenvalue weighted by Crippen LogP contribution is -2.19. The summed E-state index contributed by atoms with van der Waals surface area (Å²) in [5.74, 6) is 0. The molecule has 0 aliphatic carbocycles. The van der Waals surface area contributed by atoms with Gasteiger partial charge < -0.3 is 0 Å². The molecular formula is C10H10Cl3O. The highest BCUT2D eigenvalue weighted by atomic mass is 35.6. The first kappa shape index (κ1) is 12.1. The molecule has 0 bridgehead atoms.